The number of halogens is 2. The Bertz CT molecular complexity index is 779. The molecule has 0 aromatic heterocycles. The zero-order valence-corrected chi connectivity index (χ0v) is 15.0. The minimum Gasteiger partial charge on any atom is -0.487 e. The first kappa shape index (κ1) is 19.0. The molecule has 2 rings (SSSR count). The molecule has 0 spiro atoms. The van der Waals surface area contributed by atoms with Gasteiger partial charge in [-0.1, -0.05) is 48.5 Å². The second-order valence-corrected chi connectivity index (χ2v) is 5.75. The Balaban J connectivity index is 2.12. The molecule has 0 amide bonds. The maximum Gasteiger partial charge on any atom is 0.350 e. The zero-order chi connectivity index (χ0) is 18.2. The summed E-state index contributed by atoms with van der Waals surface area (Å²) in [6.45, 7) is 5.78. The van der Waals surface area contributed by atoms with Crippen LogP contribution in [0.1, 0.15) is 12.5 Å². The summed E-state index contributed by atoms with van der Waals surface area (Å²) in [5.41, 5.74) is 2.22. The van der Waals surface area contributed by atoms with Crippen LogP contribution in [0.4, 0.5) is 5.69 Å². The van der Waals surface area contributed by atoms with Crippen molar-refractivity contribution in [3.63, 3.8) is 0 Å². The van der Waals surface area contributed by atoms with Crippen LogP contribution < -0.4 is 4.74 Å². The van der Waals surface area contributed by atoms with Crippen LogP contribution in [0.15, 0.2) is 65.3 Å². The standard InChI is InChI=1S/C18H16Cl2N2O3/c1-12(14-6-4-3-5-7-14)11-24-17-10-15(19)8-9-16(17)22-21-13(2)18(23)25-20/h3-10,13H,1,11H2,2H3. The quantitative estimate of drug-likeness (QED) is 0.588. The maximum absolute atomic E-state index is 11.3. The average molecular weight is 379 g/mol. The highest BCUT2D eigenvalue weighted by Crippen LogP contribution is 2.32. The van der Waals surface area contributed by atoms with E-state index in [1.165, 1.54) is 6.92 Å². The van der Waals surface area contributed by atoms with Gasteiger partial charge in [0.1, 0.15) is 29.9 Å². The monoisotopic (exact) mass is 378 g/mol. The molecule has 0 bridgehead atoms. The Morgan fingerprint density at radius 1 is 1.24 bits per heavy atom. The average Bonchev–Trinajstić information content (AvgIpc) is 2.65. The summed E-state index contributed by atoms with van der Waals surface area (Å²) in [7, 11) is 0. The Labute approximate surface area is 156 Å². The van der Waals surface area contributed by atoms with Gasteiger partial charge in [0, 0.05) is 11.1 Å². The largest absolute Gasteiger partial charge is 0.487 e. The van der Waals surface area contributed by atoms with Crippen LogP contribution in [-0.2, 0) is 9.08 Å². The van der Waals surface area contributed by atoms with Gasteiger partial charge in [0.2, 0.25) is 0 Å². The van der Waals surface area contributed by atoms with Crippen molar-refractivity contribution in [1.82, 2.24) is 0 Å². The number of carbonyl (C=O) groups excluding carboxylic acids is 1. The molecular formula is C18H16Cl2N2O3. The molecule has 5 nitrogen and oxygen atoms in total. The highest BCUT2D eigenvalue weighted by molar-refractivity contribution is 6.30. The molecule has 7 heteroatoms. The molecule has 1 atom stereocenters. The first-order valence-electron chi connectivity index (χ1n) is 7.40. The number of hydrogen-bond donors (Lipinski definition) is 0. The van der Waals surface area contributed by atoms with E-state index in [-0.39, 0.29) is 6.61 Å². The summed E-state index contributed by atoms with van der Waals surface area (Å²) in [6.07, 6.45) is 0. The molecule has 0 fully saturated rings. The normalized spacial score (nSPS) is 12.0. The number of benzene rings is 2. The number of azo groups is 1. The Hall–Kier alpha value is -2.37. The van der Waals surface area contributed by atoms with Crippen molar-refractivity contribution in [1.29, 1.82) is 0 Å². The van der Waals surface area contributed by atoms with E-state index in [9.17, 15) is 4.79 Å². The van der Waals surface area contributed by atoms with E-state index in [0.717, 1.165) is 11.1 Å². The molecule has 2 aromatic rings. The van der Waals surface area contributed by atoms with Gasteiger partial charge in [-0.15, -0.1) is 0 Å². The van der Waals surface area contributed by atoms with Gasteiger partial charge in [0.05, 0.1) is 0 Å². The summed E-state index contributed by atoms with van der Waals surface area (Å²) < 4.78 is 9.87. The van der Waals surface area contributed by atoms with E-state index >= 15 is 0 Å². The van der Waals surface area contributed by atoms with Crippen molar-refractivity contribution in [2.24, 2.45) is 10.2 Å². The van der Waals surface area contributed by atoms with Crippen molar-refractivity contribution in [2.75, 3.05) is 6.61 Å². The topological polar surface area (TPSA) is 60.2 Å². The van der Waals surface area contributed by atoms with Gasteiger partial charge in [-0.05, 0) is 30.2 Å². The summed E-state index contributed by atoms with van der Waals surface area (Å²) in [5, 5.41) is 8.37. The van der Waals surface area contributed by atoms with E-state index in [1.807, 2.05) is 30.3 Å². The van der Waals surface area contributed by atoms with Gasteiger partial charge in [0.25, 0.3) is 0 Å². The highest BCUT2D eigenvalue weighted by Gasteiger charge is 2.13. The van der Waals surface area contributed by atoms with E-state index < -0.39 is 12.0 Å². The number of carbonyl (C=O) groups is 1. The molecule has 0 aliphatic rings. The van der Waals surface area contributed by atoms with Crippen LogP contribution in [0.2, 0.25) is 5.02 Å². The van der Waals surface area contributed by atoms with Crippen molar-refractivity contribution in [2.45, 2.75) is 13.0 Å². The summed E-state index contributed by atoms with van der Waals surface area (Å²) in [4.78, 5) is 11.3. The van der Waals surface area contributed by atoms with Crippen LogP contribution >= 0.6 is 23.5 Å². The van der Waals surface area contributed by atoms with E-state index in [1.54, 1.807) is 18.2 Å². The van der Waals surface area contributed by atoms with Gasteiger partial charge in [-0.2, -0.15) is 10.2 Å². The summed E-state index contributed by atoms with van der Waals surface area (Å²) >= 11 is 11.0. The molecule has 1 unspecified atom stereocenters. The molecule has 0 radical (unpaired) electrons. The minimum atomic E-state index is -0.833. The third-order valence-corrected chi connectivity index (χ3v) is 3.65. The third-order valence-electron chi connectivity index (χ3n) is 3.26. The molecule has 0 aliphatic heterocycles. The molecule has 0 heterocycles. The maximum atomic E-state index is 11.3. The van der Waals surface area contributed by atoms with Crippen LogP contribution in [-0.4, -0.2) is 18.6 Å². The van der Waals surface area contributed by atoms with Crippen molar-refractivity contribution in [3.05, 3.63) is 65.7 Å². The Morgan fingerprint density at radius 2 is 1.96 bits per heavy atom. The van der Waals surface area contributed by atoms with Gasteiger partial charge in [-0.3, -0.25) is 0 Å². The van der Waals surface area contributed by atoms with Crippen LogP contribution in [0.25, 0.3) is 5.57 Å². The molecule has 0 aliphatic carbocycles. The highest BCUT2D eigenvalue weighted by atomic mass is 35.5. The van der Waals surface area contributed by atoms with Crippen LogP contribution in [0.3, 0.4) is 0 Å². The van der Waals surface area contributed by atoms with E-state index in [2.05, 4.69) is 21.1 Å². The molecule has 2 aromatic carbocycles. The molecule has 0 saturated heterocycles. The minimum absolute atomic E-state index is 0.256. The summed E-state index contributed by atoms with van der Waals surface area (Å²) in [6, 6.07) is 13.8. The van der Waals surface area contributed by atoms with Crippen molar-refractivity contribution in [3.8, 4) is 5.75 Å². The second-order valence-electron chi connectivity index (χ2n) is 5.16. The lowest BCUT2D eigenvalue weighted by Gasteiger charge is -2.11. The molecular weight excluding hydrogens is 363 g/mol. The molecule has 0 saturated carbocycles. The number of hydrogen-bond acceptors (Lipinski definition) is 5. The number of nitrogens with zero attached hydrogens (tertiary/aromatic N) is 2. The smallest absolute Gasteiger partial charge is 0.350 e. The zero-order valence-electron chi connectivity index (χ0n) is 13.5. The van der Waals surface area contributed by atoms with Gasteiger partial charge >= 0.3 is 5.97 Å². The first-order valence-corrected chi connectivity index (χ1v) is 8.08. The lowest BCUT2D eigenvalue weighted by atomic mass is 10.1. The number of rotatable bonds is 7. The van der Waals surface area contributed by atoms with Crippen molar-refractivity contribution < 1.29 is 13.8 Å². The predicted octanol–water partition coefficient (Wildman–Crippen LogP) is 5.60. The fraction of sp³-hybridized carbons (Fsp3) is 0.167. The van der Waals surface area contributed by atoms with Gasteiger partial charge in [0.15, 0.2) is 6.04 Å². The lowest BCUT2D eigenvalue weighted by molar-refractivity contribution is -0.135. The molecule has 25 heavy (non-hydrogen) atoms. The predicted molar refractivity (Wildman–Crippen MR) is 98.3 cm³/mol. The van der Waals surface area contributed by atoms with E-state index in [0.29, 0.717) is 16.5 Å². The molecule has 0 N–H and O–H groups in total. The fourth-order valence-electron chi connectivity index (χ4n) is 1.87. The van der Waals surface area contributed by atoms with Gasteiger partial charge < -0.3 is 9.03 Å². The van der Waals surface area contributed by atoms with Crippen LogP contribution in [0.5, 0.6) is 5.75 Å². The molecule has 130 valence electrons. The lowest BCUT2D eigenvalue weighted by Crippen LogP contribution is -2.13. The van der Waals surface area contributed by atoms with Gasteiger partial charge in [-0.25, -0.2) is 4.79 Å². The van der Waals surface area contributed by atoms with Crippen LogP contribution in [0, 0.1) is 0 Å². The second kappa shape index (κ2) is 9.20. The van der Waals surface area contributed by atoms with E-state index in [4.69, 9.17) is 28.2 Å². The third kappa shape index (κ3) is 5.59. The number of ether oxygens (including phenoxy) is 1. The fourth-order valence-corrected chi connectivity index (χ4v) is 2.16. The summed E-state index contributed by atoms with van der Waals surface area (Å²) in [5.74, 6) is -0.265. The van der Waals surface area contributed by atoms with Crippen molar-refractivity contribution >= 4 is 40.7 Å². The Morgan fingerprint density at radius 3 is 2.64 bits per heavy atom. The SMILES string of the molecule is C=C(COc1cc(Cl)ccc1N=NC(C)C(=O)OCl)c1ccccc1. The Kier molecular flexibility index (Phi) is 6.98. The first-order chi connectivity index (χ1) is 12.0.